The fraction of sp³-hybridized carbons (Fsp3) is 0.600. The molecule has 1 atom stereocenters. The van der Waals surface area contributed by atoms with E-state index in [1.54, 1.807) is 19.2 Å². The Morgan fingerprint density at radius 2 is 2.07 bits per heavy atom. The highest BCUT2D eigenvalue weighted by Gasteiger charge is 2.27. The van der Waals surface area contributed by atoms with Crippen LogP contribution < -0.4 is 5.32 Å². The van der Waals surface area contributed by atoms with Gasteiger partial charge in [-0.05, 0) is 51.6 Å². The van der Waals surface area contributed by atoms with E-state index in [1.807, 2.05) is 27.1 Å². The van der Waals surface area contributed by atoms with Gasteiger partial charge in [0, 0.05) is 26.7 Å². The second-order valence-corrected chi connectivity index (χ2v) is 6.98. The van der Waals surface area contributed by atoms with Crippen molar-refractivity contribution < 1.29 is 13.9 Å². The minimum absolute atomic E-state index is 0. The Bertz CT molecular complexity index is 649. The topological polar surface area (TPSA) is 57.2 Å². The average Bonchev–Trinajstić information content (AvgIpc) is 2.65. The van der Waals surface area contributed by atoms with E-state index in [2.05, 4.69) is 20.1 Å². The summed E-state index contributed by atoms with van der Waals surface area (Å²) in [6.45, 7) is 4.39. The number of nitrogens with one attached hydrogen (secondary N) is 1. The Morgan fingerprint density at radius 1 is 1.39 bits per heavy atom. The summed E-state index contributed by atoms with van der Waals surface area (Å²) < 4.78 is 18.7. The molecule has 0 amide bonds. The lowest BCUT2D eigenvalue weighted by molar-refractivity contribution is -0.149. The van der Waals surface area contributed by atoms with E-state index in [4.69, 9.17) is 4.74 Å². The van der Waals surface area contributed by atoms with Crippen LogP contribution in [0, 0.1) is 11.7 Å². The van der Waals surface area contributed by atoms with Crippen molar-refractivity contribution in [3.63, 3.8) is 0 Å². The zero-order chi connectivity index (χ0) is 19.8. The van der Waals surface area contributed by atoms with E-state index < -0.39 is 0 Å². The molecule has 1 aliphatic heterocycles. The normalized spacial score (nSPS) is 16.5. The van der Waals surface area contributed by atoms with Crippen LogP contribution in [0.1, 0.15) is 31.4 Å². The predicted molar refractivity (Wildman–Crippen MR) is 121 cm³/mol. The molecular weight excluding hydrogens is 474 g/mol. The monoisotopic (exact) mass is 506 g/mol. The molecule has 158 valence electrons. The summed E-state index contributed by atoms with van der Waals surface area (Å²) in [6, 6.07) is 6.71. The highest BCUT2D eigenvalue weighted by molar-refractivity contribution is 14.0. The van der Waals surface area contributed by atoms with Gasteiger partial charge in [0.1, 0.15) is 5.82 Å². The number of ether oxygens (including phenoxy) is 1. The molecule has 6 nitrogen and oxygen atoms in total. The molecule has 1 saturated heterocycles. The zero-order valence-corrected chi connectivity index (χ0v) is 19.5. The van der Waals surface area contributed by atoms with Gasteiger partial charge in [-0.25, -0.2) is 4.39 Å². The van der Waals surface area contributed by atoms with Gasteiger partial charge in [0.05, 0.1) is 18.6 Å². The van der Waals surface area contributed by atoms with Crippen molar-refractivity contribution in [2.45, 2.75) is 25.8 Å². The molecule has 1 aromatic rings. The average molecular weight is 506 g/mol. The number of piperidine rings is 1. The lowest BCUT2D eigenvalue weighted by Crippen LogP contribution is -2.48. The maximum absolute atomic E-state index is 13.6. The number of halogens is 2. The number of hydrogen-bond donors (Lipinski definition) is 1. The van der Waals surface area contributed by atoms with Gasteiger partial charge >= 0.3 is 5.97 Å². The molecule has 1 unspecified atom stereocenters. The maximum Gasteiger partial charge on any atom is 0.309 e. The van der Waals surface area contributed by atoms with Gasteiger partial charge in [0.25, 0.3) is 0 Å². The van der Waals surface area contributed by atoms with Crippen LogP contribution in [0.3, 0.4) is 0 Å². The number of benzene rings is 1. The summed E-state index contributed by atoms with van der Waals surface area (Å²) in [4.78, 5) is 20.5. The molecule has 0 spiro atoms. The fourth-order valence-electron chi connectivity index (χ4n) is 3.42. The fourth-order valence-corrected chi connectivity index (χ4v) is 3.42. The highest BCUT2D eigenvalue weighted by Crippen LogP contribution is 2.20. The number of aliphatic imine (C=N–C) groups is 1. The van der Waals surface area contributed by atoms with Gasteiger partial charge in [-0.2, -0.15) is 0 Å². The molecule has 1 aromatic carbocycles. The van der Waals surface area contributed by atoms with Gasteiger partial charge in [0.15, 0.2) is 5.96 Å². The molecule has 8 heteroatoms. The third kappa shape index (κ3) is 6.88. The van der Waals surface area contributed by atoms with Gasteiger partial charge < -0.3 is 19.9 Å². The quantitative estimate of drug-likeness (QED) is 0.279. The Balaban J connectivity index is 0.00000392. The largest absolute Gasteiger partial charge is 0.466 e. The Morgan fingerprint density at radius 3 is 2.61 bits per heavy atom. The standard InChI is InChI=1S/C20H31FN4O2.HI/c1-5-27-19(26)15-9-11-25(12-10-15)20(22-2)23-14-18(24(3)4)16-7-6-8-17(21)13-16;/h6-8,13,15,18H,5,9-12,14H2,1-4H3,(H,22,23);1H. The number of hydrogen-bond acceptors (Lipinski definition) is 4. The summed E-state index contributed by atoms with van der Waals surface area (Å²) >= 11 is 0. The van der Waals surface area contributed by atoms with Crippen LogP contribution in [-0.2, 0) is 9.53 Å². The van der Waals surface area contributed by atoms with Gasteiger partial charge in [-0.3, -0.25) is 9.79 Å². The van der Waals surface area contributed by atoms with Gasteiger partial charge in [-0.1, -0.05) is 12.1 Å². The van der Waals surface area contributed by atoms with E-state index in [-0.39, 0.29) is 47.7 Å². The van der Waals surface area contributed by atoms with E-state index in [0.29, 0.717) is 13.2 Å². The SMILES string of the molecule is CCOC(=O)C1CCN(C(=NC)NCC(c2cccc(F)c2)N(C)C)CC1.I. The number of carbonyl (C=O) groups excluding carboxylic acids is 1. The van der Waals surface area contributed by atoms with Crippen molar-refractivity contribution in [2.24, 2.45) is 10.9 Å². The first kappa shape index (κ1) is 24.6. The zero-order valence-electron chi connectivity index (χ0n) is 17.2. The predicted octanol–water partition coefficient (Wildman–Crippen LogP) is 2.90. The number of guanidine groups is 1. The van der Waals surface area contributed by atoms with Crippen molar-refractivity contribution in [3.8, 4) is 0 Å². The molecule has 1 fully saturated rings. The summed E-state index contributed by atoms with van der Waals surface area (Å²) in [5.74, 6) is 0.449. The molecule has 1 aliphatic rings. The molecule has 0 aromatic heterocycles. The minimum Gasteiger partial charge on any atom is -0.466 e. The molecule has 1 N–H and O–H groups in total. The van der Waals surface area contributed by atoms with Crippen LogP contribution in [0.2, 0.25) is 0 Å². The Labute approximate surface area is 184 Å². The molecule has 0 aliphatic carbocycles. The van der Waals surface area contributed by atoms with Crippen LogP contribution in [0.25, 0.3) is 0 Å². The van der Waals surface area contributed by atoms with Crippen LogP contribution in [0.4, 0.5) is 4.39 Å². The summed E-state index contributed by atoms with van der Waals surface area (Å²) in [7, 11) is 5.71. The van der Waals surface area contributed by atoms with Crippen molar-refractivity contribution >= 4 is 35.9 Å². The van der Waals surface area contributed by atoms with Crippen molar-refractivity contribution in [3.05, 3.63) is 35.6 Å². The molecule has 1 heterocycles. The molecule has 0 bridgehead atoms. The van der Waals surface area contributed by atoms with E-state index >= 15 is 0 Å². The number of esters is 1. The smallest absolute Gasteiger partial charge is 0.309 e. The maximum atomic E-state index is 13.6. The highest BCUT2D eigenvalue weighted by atomic mass is 127. The van der Waals surface area contributed by atoms with Crippen LogP contribution in [0.15, 0.2) is 29.3 Å². The third-order valence-electron chi connectivity index (χ3n) is 4.94. The van der Waals surface area contributed by atoms with E-state index in [0.717, 1.165) is 37.5 Å². The molecule has 2 rings (SSSR count). The van der Waals surface area contributed by atoms with Crippen LogP contribution >= 0.6 is 24.0 Å². The molecule has 0 radical (unpaired) electrons. The van der Waals surface area contributed by atoms with Crippen molar-refractivity contribution in [2.75, 3.05) is 47.4 Å². The summed E-state index contributed by atoms with van der Waals surface area (Å²) in [5, 5.41) is 3.40. The lowest BCUT2D eigenvalue weighted by atomic mass is 9.97. The number of carbonyl (C=O) groups is 1. The minimum atomic E-state index is -0.232. The van der Waals surface area contributed by atoms with Crippen molar-refractivity contribution in [1.29, 1.82) is 0 Å². The van der Waals surface area contributed by atoms with Gasteiger partial charge in [0.2, 0.25) is 0 Å². The Kier molecular flexibility index (Phi) is 10.7. The second-order valence-electron chi connectivity index (χ2n) is 6.98. The first-order chi connectivity index (χ1) is 13.0. The summed E-state index contributed by atoms with van der Waals surface area (Å²) in [6.07, 6.45) is 1.53. The number of likely N-dealkylation sites (tertiary alicyclic amines) is 1. The van der Waals surface area contributed by atoms with Gasteiger partial charge in [-0.15, -0.1) is 24.0 Å². The van der Waals surface area contributed by atoms with Crippen LogP contribution in [0.5, 0.6) is 0 Å². The van der Waals surface area contributed by atoms with Crippen molar-refractivity contribution in [1.82, 2.24) is 15.1 Å². The number of likely N-dealkylation sites (N-methyl/N-ethyl adjacent to an activating group) is 1. The lowest BCUT2D eigenvalue weighted by Gasteiger charge is -2.34. The van der Waals surface area contributed by atoms with Crippen LogP contribution in [-0.4, -0.2) is 69.1 Å². The Hall–Kier alpha value is -1.42. The third-order valence-corrected chi connectivity index (χ3v) is 4.94. The second kappa shape index (κ2) is 12.2. The molecular formula is C20H32FIN4O2. The first-order valence-electron chi connectivity index (χ1n) is 9.50. The first-order valence-corrected chi connectivity index (χ1v) is 9.50. The molecule has 28 heavy (non-hydrogen) atoms. The van der Waals surface area contributed by atoms with E-state index in [1.165, 1.54) is 6.07 Å². The number of nitrogens with zero attached hydrogens (tertiary/aromatic N) is 3. The molecule has 0 saturated carbocycles. The summed E-state index contributed by atoms with van der Waals surface area (Å²) in [5.41, 5.74) is 0.920. The number of rotatable bonds is 6. The van der Waals surface area contributed by atoms with E-state index in [9.17, 15) is 9.18 Å².